The Labute approximate surface area is 90.2 Å². The molecule has 0 aromatic heterocycles. The van der Waals surface area contributed by atoms with E-state index < -0.39 is 5.41 Å². The number of benzene rings is 1. The van der Waals surface area contributed by atoms with Crippen LogP contribution < -0.4 is 9.47 Å². The minimum Gasteiger partial charge on any atom is -0.497 e. The van der Waals surface area contributed by atoms with E-state index in [0.29, 0.717) is 5.75 Å². The summed E-state index contributed by atoms with van der Waals surface area (Å²) in [5.74, 6) is 1.41. The van der Waals surface area contributed by atoms with E-state index in [0.717, 1.165) is 11.3 Å². The van der Waals surface area contributed by atoms with Gasteiger partial charge in [-0.05, 0) is 19.9 Å². The fourth-order valence-corrected chi connectivity index (χ4v) is 1.38. The maximum absolute atomic E-state index is 9.06. The maximum atomic E-state index is 9.06. The highest BCUT2D eigenvalue weighted by atomic mass is 16.5. The summed E-state index contributed by atoms with van der Waals surface area (Å²) in [4.78, 5) is 0. The monoisotopic (exact) mass is 205 g/mol. The molecule has 0 amide bonds. The average molecular weight is 205 g/mol. The molecule has 0 aliphatic carbocycles. The second-order valence-electron chi connectivity index (χ2n) is 3.80. The molecule has 0 bridgehead atoms. The number of hydrogen-bond donors (Lipinski definition) is 0. The number of nitrogens with zero attached hydrogens (tertiary/aromatic N) is 1. The van der Waals surface area contributed by atoms with Crippen molar-refractivity contribution in [2.45, 2.75) is 19.3 Å². The van der Waals surface area contributed by atoms with Gasteiger partial charge in [0.1, 0.15) is 11.5 Å². The summed E-state index contributed by atoms with van der Waals surface area (Å²) in [6.45, 7) is 3.72. The van der Waals surface area contributed by atoms with Crippen molar-refractivity contribution in [2.24, 2.45) is 0 Å². The van der Waals surface area contributed by atoms with E-state index in [2.05, 4.69) is 6.07 Å². The molecule has 0 spiro atoms. The third-order valence-electron chi connectivity index (χ3n) is 2.36. The quantitative estimate of drug-likeness (QED) is 0.761. The number of methoxy groups -OCH3 is 2. The fraction of sp³-hybridized carbons (Fsp3) is 0.417. The lowest BCUT2D eigenvalue weighted by molar-refractivity contribution is 0.386. The summed E-state index contributed by atoms with van der Waals surface area (Å²) in [6, 6.07) is 7.73. The molecule has 3 heteroatoms. The summed E-state index contributed by atoms with van der Waals surface area (Å²) in [5.41, 5.74) is 0.311. The molecule has 15 heavy (non-hydrogen) atoms. The van der Waals surface area contributed by atoms with Gasteiger partial charge in [0.2, 0.25) is 0 Å². The maximum Gasteiger partial charge on any atom is 0.127 e. The van der Waals surface area contributed by atoms with Crippen molar-refractivity contribution >= 4 is 0 Å². The molecule has 1 aromatic carbocycles. The Morgan fingerprint density at radius 1 is 1.20 bits per heavy atom. The molecule has 80 valence electrons. The molecule has 1 aromatic rings. The first-order valence-electron chi connectivity index (χ1n) is 4.69. The molecule has 0 N–H and O–H groups in total. The fourth-order valence-electron chi connectivity index (χ4n) is 1.38. The van der Waals surface area contributed by atoms with Gasteiger partial charge in [0.25, 0.3) is 0 Å². The normalized spacial score (nSPS) is 10.6. The van der Waals surface area contributed by atoms with Gasteiger partial charge in [-0.15, -0.1) is 0 Å². The number of hydrogen-bond acceptors (Lipinski definition) is 3. The summed E-state index contributed by atoms with van der Waals surface area (Å²) >= 11 is 0. The van der Waals surface area contributed by atoms with Crippen molar-refractivity contribution in [3.63, 3.8) is 0 Å². The van der Waals surface area contributed by atoms with E-state index in [4.69, 9.17) is 14.7 Å². The van der Waals surface area contributed by atoms with E-state index in [1.807, 2.05) is 26.0 Å². The van der Waals surface area contributed by atoms with Crippen LogP contribution in [0.3, 0.4) is 0 Å². The standard InChI is InChI=1S/C12H15NO2/c1-12(2,8-13)10-6-5-9(14-3)7-11(10)15-4/h5-7H,1-4H3. The van der Waals surface area contributed by atoms with Gasteiger partial charge < -0.3 is 9.47 Å². The van der Waals surface area contributed by atoms with Crippen LogP contribution in [0.15, 0.2) is 18.2 Å². The zero-order valence-electron chi connectivity index (χ0n) is 9.50. The Kier molecular flexibility index (Phi) is 3.21. The van der Waals surface area contributed by atoms with Gasteiger partial charge in [0.15, 0.2) is 0 Å². The highest BCUT2D eigenvalue weighted by Crippen LogP contribution is 2.33. The van der Waals surface area contributed by atoms with Crippen molar-refractivity contribution in [3.05, 3.63) is 23.8 Å². The minimum atomic E-state index is -0.558. The molecule has 0 atom stereocenters. The van der Waals surface area contributed by atoms with Gasteiger partial charge in [-0.1, -0.05) is 6.07 Å². The smallest absolute Gasteiger partial charge is 0.127 e. The van der Waals surface area contributed by atoms with Gasteiger partial charge in [-0.3, -0.25) is 0 Å². The SMILES string of the molecule is COc1ccc(C(C)(C)C#N)c(OC)c1. The van der Waals surface area contributed by atoms with Crippen LogP contribution in [0.4, 0.5) is 0 Å². The lowest BCUT2D eigenvalue weighted by atomic mass is 9.85. The zero-order chi connectivity index (χ0) is 11.5. The summed E-state index contributed by atoms with van der Waals surface area (Å²) in [6.07, 6.45) is 0. The van der Waals surface area contributed by atoms with Crippen molar-refractivity contribution in [1.82, 2.24) is 0 Å². The Bertz CT molecular complexity index is 391. The predicted molar refractivity (Wildman–Crippen MR) is 58.2 cm³/mol. The summed E-state index contributed by atoms with van der Waals surface area (Å²) in [5, 5.41) is 9.06. The van der Waals surface area contributed by atoms with E-state index in [1.54, 1.807) is 20.3 Å². The van der Waals surface area contributed by atoms with Crippen LogP contribution in [0.5, 0.6) is 11.5 Å². The molecule has 0 aliphatic rings. The topological polar surface area (TPSA) is 42.2 Å². The van der Waals surface area contributed by atoms with Crippen LogP contribution in [0.25, 0.3) is 0 Å². The predicted octanol–water partition coefficient (Wildman–Crippen LogP) is 2.50. The molecular weight excluding hydrogens is 190 g/mol. The average Bonchev–Trinajstić information content (AvgIpc) is 2.28. The first-order valence-corrected chi connectivity index (χ1v) is 4.69. The number of nitriles is 1. The van der Waals surface area contributed by atoms with E-state index in [-0.39, 0.29) is 0 Å². The third-order valence-corrected chi connectivity index (χ3v) is 2.36. The molecule has 0 heterocycles. The highest BCUT2D eigenvalue weighted by molar-refractivity contribution is 5.46. The Balaban J connectivity index is 3.26. The Hall–Kier alpha value is -1.69. The Morgan fingerprint density at radius 3 is 2.33 bits per heavy atom. The van der Waals surface area contributed by atoms with Crippen LogP contribution in [-0.2, 0) is 5.41 Å². The van der Waals surface area contributed by atoms with Gasteiger partial charge >= 0.3 is 0 Å². The van der Waals surface area contributed by atoms with Crippen LogP contribution in [-0.4, -0.2) is 14.2 Å². The molecule has 0 saturated carbocycles. The van der Waals surface area contributed by atoms with Gasteiger partial charge in [-0.25, -0.2) is 0 Å². The highest BCUT2D eigenvalue weighted by Gasteiger charge is 2.24. The molecule has 0 radical (unpaired) electrons. The van der Waals surface area contributed by atoms with E-state index >= 15 is 0 Å². The van der Waals surface area contributed by atoms with Crippen molar-refractivity contribution in [3.8, 4) is 17.6 Å². The molecule has 1 rings (SSSR count). The lowest BCUT2D eigenvalue weighted by Gasteiger charge is -2.19. The second kappa shape index (κ2) is 4.22. The molecule has 0 unspecified atom stereocenters. The van der Waals surface area contributed by atoms with Crippen LogP contribution in [0, 0.1) is 11.3 Å². The van der Waals surface area contributed by atoms with Gasteiger partial charge in [0.05, 0.1) is 25.7 Å². The van der Waals surface area contributed by atoms with E-state index in [9.17, 15) is 0 Å². The third kappa shape index (κ3) is 2.21. The number of rotatable bonds is 3. The van der Waals surface area contributed by atoms with Gasteiger partial charge in [0, 0.05) is 11.6 Å². The number of ether oxygens (including phenoxy) is 2. The summed E-state index contributed by atoms with van der Waals surface area (Å²) < 4.78 is 10.3. The Morgan fingerprint density at radius 2 is 1.87 bits per heavy atom. The van der Waals surface area contributed by atoms with Crippen LogP contribution in [0.1, 0.15) is 19.4 Å². The van der Waals surface area contributed by atoms with E-state index in [1.165, 1.54) is 0 Å². The van der Waals surface area contributed by atoms with Crippen molar-refractivity contribution in [1.29, 1.82) is 5.26 Å². The lowest BCUT2D eigenvalue weighted by Crippen LogP contribution is -2.15. The molecule has 3 nitrogen and oxygen atoms in total. The zero-order valence-corrected chi connectivity index (χ0v) is 9.50. The first kappa shape index (κ1) is 11.4. The summed E-state index contributed by atoms with van der Waals surface area (Å²) in [7, 11) is 3.19. The van der Waals surface area contributed by atoms with Crippen molar-refractivity contribution in [2.75, 3.05) is 14.2 Å². The first-order chi connectivity index (χ1) is 7.05. The van der Waals surface area contributed by atoms with Crippen LogP contribution >= 0.6 is 0 Å². The molecule has 0 fully saturated rings. The molecule has 0 aliphatic heterocycles. The molecular formula is C12H15NO2. The largest absolute Gasteiger partial charge is 0.497 e. The minimum absolute atomic E-state index is 0.558. The molecule has 0 saturated heterocycles. The van der Waals surface area contributed by atoms with Crippen molar-refractivity contribution < 1.29 is 9.47 Å². The van der Waals surface area contributed by atoms with Crippen LogP contribution in [0.2, 0.25) is 0 Å². The second-order valence-corrected chi connectivity index (χ2v) is 3.80. The van der Waals surface area contributed by atoms with Gasteiger partial charge in [-0.2, -0.15) is 5.26 Å².